The van der Waals surface area contributed by atoms with E-state index < -0.39 is 0 Å². The van der Waals surface area contributed by atoms with E-state index in [1.165, 1.54) is 6.39 Å². The lowest BCUT2D eigenvalue weighted by atomic mass is 9.94. The van der Waals surface area contributed by atoms with Crippen LogP contribution in [0.25, 0.3) is 11.3 Å². The van der Waals surface area contributed by atoms with Gasteiger partial charge in [0.25, 0.3) is 0 Å². The molecule has 0 spiro atoms. The number of aromatic nitrogens is 1. The van der Waals surface area contributed by atoms with Crippen LogP contribution in [0.3, 0.4) is 0 Å². The highest BCUT2D eigenvalue weighted by atomic mass is 16.3. The molecule has 1 aliphatic rings. The standard InChI is InChI=1S/C13H11N3O2/c14-4-11-10-3-8(13-6-15-7-18-13)1-2-9(10)12(17)5-16-11/h1-3,6-7H,4-5,14H2. The number of nitrogens with zero attached hydrogens (tertiary/aromatic N) is 2. The van der Waals surface area contributed by atoms with Gasteiger partial charge in [-0.05, 0) is 12.1 Å². The van der Waals surface area contributed by atoms with Crippen LogP contribution >= 0.6 is 0 Å². The number of aliphatic imine (C=N–C) groups is 1. The maximum Gasteiger partial charge on any atom is 0.184 e. The molecule has 1 aromatic heterocycles. The molecular weight excluding hydrogens is 230 g/mol. The average Bonchev–Trinajstić information content (AvgIpc) is 2.93. The van der Waals surface area contributed by atoms with Gasteiger partial charge >= 0.3 is 0 Å². The normalized spacial score (nSPS) is 14.3. The zero-order chi connectivity index (χ0) is 12.5. The summed E-state index contributed by atoms with van der Waals surface area (Å²) in [5.41, 5.74) is 8.74. The third kappa shape index (κ3) is 1.65. The minimum absolute atomic E-state index is 0.0197. The summed E-state index contributed by atoms with van der Waals surface area (Å²) >= 11 is 0. The average molecular weight is 241 g/mol. The van der Waals surface area contributed by atoms with Gasteiger partial charge in [-0.15, -0.1) is 0 Å². The van der Waals surface area contributed by atoms with E-state index in [-0.39, 0.29) is 12.3 Å². The van der Waals surface area contributed by atoms with Gasteiger partial charge in [-0.2, -0.15) is 0 Å². The van der Waals surface area contributed by atoms with E-state index in [1.54, 1.807) is 12.3 Å². The van der Waals surface area contributed by atoms with Crippen LogP contribution in [-0.2, 0) is 0 Å². The number of nitrogens with two attached hydrogens (primary N) is 1. The maximum atomic E-state index is 11.8. The first-order chi connectivity index (χ1) is 8.79. The van der Waals surface area contributed by atoms with E-state index in [0.717, 1.165) is 16.8 Å². The van der Waals surface area contributed by atoms with Crippen molar-refractivity contribution in [1.29, 1.82) is 0 Å². The highest BCUT2D eigenvalue weighted by Gasteiger charge is 2.20. The van der Waals surface area contributed by atoms with E-state index in [0.29, 0.717) is 17.9 Å². The molecule has 0 atom stereocenters. The summed E-state index contributed by atoms with van der Waals surface area (Å²) in [7, 11) is 0. The van der Waals surface area contributed by atoms with Crippen LogP contribution in [0.5, 0.6) is 0 Å². The van der Waals surface area contributed by atoms with Crippen LogP contribution in [0.1, 0.15) is 15.9 Å². The predicted molar refractivity (Wildman–Crippen MR) is 66.7 cm³/mol. The fourth-order valence-electron chi connectivity index (χ4n) is 2.05. The van der Waals surface area contributed by atoms with Crippen LogP contribution in [-0.4, -0.2) is 29.6 Å². The van der Waals surface area contributed by atoms with Crippen molar-refractivity contribution >= 4 is 11.5 Å². The monoisotopic (exact) mass is 241 g/mol. The summed E-state index contributed by atoms with van der Waals surface area (Å²) in [5, 5.41) is 0. The molecule has 0 radical (unpaired) electrons. The molecule has 90 valence electrons. The van der Waals surface area contributed by atoms with Crippen LogP contribution in [0, 0.1) is 0 Å². The molecule has 0 unspecified atom stereocenters. The number of carbonyl (C=O) groups excluding carboxylic acids is 1. The fourth-order valence-corrected chi connectivity index (χ4v) is 2.05. The Bertz CT molecular complexity index is 630. The van der Waals surface area contributed by atoms with Crippen molar-refractivity contribution in [3.05, 3.63) is 41.9 Å². The lowest BCUT2D eigenvalue weighted by molar-refractivity contribution is 0.1000. The lowest BCUT2D eigenvalue weighted by Crippen LogP contribution is -2.24. The third-order valence-corrected chi connectivity index (χ3v) is 2.95. The number of fused-ring (bicyclic) bond motifs is 1. The summed E-state index contributed by atoms with van der Waals surface area (Å²) in [6.45, 7) is 0.501. The molecule has 1 aliphatic heterocycles. The Morgan fingerprint density at radius 3 is 2.94 bits per heavy atom. The predicted octanol–water partition coefficient (Wildman–Crippen LogP) is 1.29. The first-order valence-electron chi connectivity index (χ1n) is 5.59. The number of oxazole rings is 1. The first kappa shape index (κ1) is 10.9. The van der Waals surface area contributed by atoms with Crippen LogP contribution in [0.15, 0.2) is 40.2 Å². The molecule has 18 heavy (non-hydrogen) atoms. The summed E-state index contributed by atoms with van der Waals surface area (Å²) in [4.78, 5) is 19.8. The molecule has 1 aromatic carbocycles. The quantitative estimate of drug-likeness (QED) is 0.858. The van der Waals surface area contributed by atoms with E-state index in [1.807, 2.05) is 12.1 Å². The van der Waals surface area contributed by atoms with Gasteiger partial charge in [0, 0.05) is 23.2 Å². The molecule has 3 rings (SSSR count). The minimum Gasteiger partial charge on any atom is -0.444 e. The molecule has 5 heteroatoms. The Morgan fingerprint density at radius 1 is 1.33 bits per heavy atom. The molecule has 0 bridgehead atoms. The Labute approximate surface area is 103 Å². The summed E-state index contributed by atoms with van der Waals surface area (Å²) in [6, 6.07) is 5.51. The molecule has 5 nitrogen and oxygen atoms in total. The SMILES string of the molecule is NCC1=NCC(=O)c2ccc(-c3cnco3)cc21. The Hall–Kier alpha value is -2.27. The number of hydrogen-bond donors (Lipinski definition) is 1. The van der Waals surface area contributed by atoms with Gasteiger partial charge in [-0.1, -0.05) is 6.07 Å². The van der Waals surface area contributed by atoms with Gasteiger partial charge in [0.2, 0.25) is 0 Å². The summed E-state index contributed by atoms with van der Waals surface area (Å²) < 4.78 is 5.24. The lowest BCUT2D eigenvalue weighted by Gasteiger charge is -2.15. The molecule has 2 aromatic rings. The zero-order valence-electron chi connectivity index (χ0n) is 9.59. The fraction of sp³-hybridized carbons (Fsp3) is 0.154. The van der Waals surface area contributed by atoms with E-state index >= 15 is 0 Å². The maximum absolute atomic E-state index is 11.8. The smallest absolute Gasteiger partial charge is 0.184 e. The highest BCUT2D eigenvalue weighted by Crippen LogP contribution is 2.24. The van der Waals surface area contributed by atoms with Crippen molar-refractivity contribution in [3.63, 3.8) is 0 Å². The second kappa shape index (κ2) is 4.19. The Kier molecular flexibility index (Phi) is 2.53. The van der Waals surface area contributed by atoms with Crippen LogP contribution in [0.2, 0.25) is 0 Å². The molecule has 0 saturated carbocycles. The van der Waals surface area contributed by atoms with Crippen molar-refractivity contribution < 1.29 is 9.21 Å². The van der Waals surface area contributed by atoms with Crippen molar-refractivity contribution in [2.24, 2.45) is 10.7 Å². The summed E-state index contributed by atoms with van der Waals surface area (Å²) in [5.74, 6) is 0.679. The number of Topliss-reactive ketones (excluding diaryl/α,β-unsaturated/α-hetero) is 1. The Morgan fingerprint density at radius 2 is 2.22 bits per heavy atom. The highest BCUT2D eigenvalue weighted by molar-refractivity contribution is 6.16. The molecule has 2 N–H and O–H groups in total. The minimum atomic E-state index is 0.0197. The second-order valence-corrected chi connectivity index (χ2v) is 4.02. The molecular formula is C13H11N3O2. The van der Waals surface area contributed by atoms with Gasteiger partial charge in [0.05, 0.1) is 11.9 Å². The Balaban J connectivity index is 2.15. The number of carbonyl (C=O) groups is 1. The molecule has 0 fully saturated rings. The van der Waals surface area contributed by atoms with Gasteiger partial charge in [-0.3, -0.25) is 9.79 Å². The van der Waals surface area contributed by atoms with Crippen molar-refractivity contribution in [3.8, 4) is 11.3 Å². The molecule has 0 aliphatic carbocycles. The van der Waals surface area contributed by atoms with Gasteiger partial charge < -0.3 is 10.2 Å². The topological polar surface area (TPSA) is 81.5 Å². The van der Waals surface area contributed by atoms with Gasteiger partial charge in [0.1, 0.15) is 6.54 Å². The molecule has 0 amide bonds. The number of rotatable bonds is 2. The number of hydrogen-bond acceptors (Lipinski definition) is 5. The second-order valence-electron chi connectivity index (χ2n) is 4.02. The van der Waals surface area contributed by atoms with Crippen LogP contribution < -0.4 is 5.73 Å². The van der Waals surface area contributed by atoms with Gasteiger partial charge in [0.15, 0.2) is 17.9 Å². The van der Waals surface area contributed by atoms with Crippen molar-refractivity contribution in [2.75, 3.05) is 13.1 Å². The molecule has 0 saturated heterocycles. The first-order valence-corrected chi connectivity index (χ1v) is 5.59. The van der Waals surface area contributed by atoms with E-state index in [4.69, 9.17) is 10.2 Å². The van der Waals surface area contributed by atoms with E-state index in [9.17, 15) is 4.79 Å². The third-order valence-electron chi connectivity index (χ3n) is 2.95. The van der Waals surface area contributed by atoms with Crippen molar-refractivity contribution in [2.45, 2.75) is 0 Å². The van der Waals surface area contributed by atoms with Crippen molar-refractivity contribution in [1.82, 2.24) is 4.98 Å². The van der Waals surface area contributed by atoms with E-state index in [2.05, 4.69) is 9.98 Å². The zero-order valence-corrected chi connectivity index (χ0v) is 9.59. The van der Waals surface area contributed by atoms with Gasteiger partial charge in [-0.25, -0.2) is 4.98 Å². The molecule has 2 heterocycles. The number of ketones is 1. The summed E-state index contributed by atoms with van der Waals surface area (Å²) in [6.07, 6.45) is 3.00. The van der Waals surface area contributed by atoms with Crippen LogP contribution in [0.4, 0.5) is 0 Å². The number of benzene rings is 1. The largest absolute Gasteiger partial charge is 0.444 e.